The minimum atomic E-state index is 0.268. The first-order valence-corrected chi connectivity index (χ1v) is 9.95. The Morgan fingerprint density at radius 2 is 1.44 bits per heavy atom. The molecule has 128 valence electrons. The monoisotopic (exact) mass is 444 g/mol. The van der Waals surface area contributed by atoms with Crippen molar-refractivity contribution in [1.82, 2.24) is 0 Å². The summed E-state index contributed by atoms with van der Waals surface area (Å²) in [6.07, 6.45) is 9.58. The number of phenolic OH excluding ortho intramolecular Hbond substituents is 2. The lowest BCUT2D eigenvalue weighted by Crippen LogP contribution is -1.98. The van der Waals surface area contributed by atoms with Crippen LogP contribution in [0.1, 0.15) is 30.4 Å². The van der Waals surface area contributed by atoms with Gasteiger partial charge in [-0.15, -0.1) is 0 Å². The lowest BCUT2D eigenvalue weighted by molar-refractivity contribution is 0.475. The third kappa shape index (κ3) is 4.34. The van der Waals surface area contributed by atoms with E-state index in [9.17, 15) is 10.2 Å². The molecule has 3 heteroatoms. The van der Waals surface area contributed by atoms with Gasteiger partial charge in [0, 0.05) is 0 Å². The van der Waals surface area contributed by atoms with Crippen LogP contribution in [0.4, 0.5) is 0 Å². The Labute approximate surface area is 162 Å². The number of halogens is 1. The standard InChI is InChI=1S/C22H21IO2/c23-15-3-6-21(16-4-1-2-5-16)22(17-7-11-19(24)12-8-17)18-9-13-20(25)14-10-18/h1-2,4,7-14,24-25H,3,5-6,15H2. The largest absolute Gasteiger partial charge is 0.508 e. The van der Waals surface area contributed by atoms with Gasteiger partial charge in [-0.3, -0.25) is 0 Å². The van der Waals surface area contributed by atoms with Crippen LogP contribution < -0.4 is 0 Å². The van der Waals surface area contributed by atoms with Gasteiger partial charge >= 0.3 is 0 Å². The van der Waals surface area contributed by atoms with Crippen LogP contribution in [-0.4, -0.2) is 14.6 Å². The summed E-state index contributed by atoms with van der Waals surface area (Å²) < 4.78 is 1.11. The van der Waals surface area contributed by atoms with Crippen LogP contribution in [0.25, 0.3) is 5.57 Å². The predicted octanol–water partition coefficient (Wildman–Crippen LogP) is 6.00. The number of rotatable bonds is 6. The highest BCUT2D eigenvalue weighted by molar-refractivity contribution is 14.1. The van der Waals surface area contributed by atoms with Gasteiger partial charge in [-0.1, -0.05) is 65.1 Å². The molecular weight excluding hydrogens is 423 g/mol. The first-order chi connectivity index (χ1) is 12.2. The Bertz CT molecular complexity index is 765. The Balaban J connectivity index is 2.18. The predicted molar refractivity (Wildman–Crippen MR) is 112 cm³/mol. The molecule has 0 bridgehead atoms. The summed E-state index contributed by atoms with van der Waals surface area (Å²) >= 11 is 2.42. The molecule has 2 aromatic carbocycles. The molecule has 0 radical (unpaired) electrons. The maximum Gasteiger partial charge on any atom is 0.115 e. The second-order valence-corrected chi connectivity index (χ2v) is 7.14. The lowest BCUT2D eigenvalue weighted by atomic mass is 9.87. The molecule has 2 aromatic rings. The minimum Gasteiger partial charge on any atom is -0.508 e. The summed E-state index contributed by atoms with van der Waals surface area (Å²) in [5.74, 6) is 0.536. The van der Waals surface area contributed by atoms with Gasteiger partial charge in [0.1, 0.15) is 11.5 Å². The maximum atomic E-state index is 9.67. The summed E-state index contributed by atoms with van der Waals surface area (Å²) in [5.41, 5.74) is 6.04. The zero-order chi connectivity index (χ0) is 17.6. The van der Waals surface area contributed by atoms with Crippen LogP contribution in [0, 0.1) is 0 Å². The molecule has 1 aliphatic rings. The van der Waals surface area contributed by atoms with Crippen LogP contribution in [0.15, 0.2) is 77.9 Å². The molecule has 0 spiro atoms. The van der Waals surface area contributed by atoms with Crippen molar-refractivity contribution >= 4 is 28.2 Å². The van der Waals surface area contributed by atoms with E-state index >= 15 is 0 Å². The highest BCUT2D eigenvalue weighted by Crippen LogP contribution is 2.36. The SMILES string of the molecule is Oc1ccc(C(=C(CCCI)C2=CC=CC2)c2ccc(O)cc2)cc1. The molecule has 0 atom stereocenters. The van der Waals surface area contributed by atoms with Crippen molar-refractivity contribution in [2.45, 2.75) is 19.3 Å². The molecule has 0 heterocycles. The number of hydrogen-bond acceptors (Lipinski definition) is 2. The van der Waals surface area contributed by atoms with Crippen molar-refractivity contribution in [2.75, 3.05) is 4.43 Å². The van der Waals surface area contributed by atoms with Gasteiger partial charge in [0.15, 0.2) is 0 Å². The number of aromatic hydroxyl groups is 2. The average molecular weight is 444 g/mol. The highest BCUT2D eigenvalue weighted by atomic mass is 127. The van der Waals surface area contributed by atoms with Gasteiger partial charge in [-0.25, -0.2) is 0 Å². The first kappa shape index (κ1) is 17.8. The summed E-state index contributed by atoms with van der Waals surface area (Å²) in [6.45, 7) is 0. The summed E-state index contributed by atoms with van der Waals surface area (Å²) in [4.78, 5) is 0. The Hall–Kier alpha value is -2.01. The van der Waals surface area contributed by atoms with Crippen LogP contribution >= 0.6 is 22.6 Å². The molecule has 0 aromatic heterocycles. The number of benzene rings is 2. The summed E-state index contributed by atoms with van der Waals surface area (Å²) in [7, 11) is 0. The van der Waals surface area contributed by atoms with Gasteiger partial charge in [-0.2, -0.15) is 0 Å². The maximum absolute atomic E-state index is 9.67. The van der Waals surface area contributed by atoms with Crippen molar-refractivity contribution in [3.8, 4) is 11.5 Å². The van der Waals surface area contributed by atoms with E-state index in [0.717, 1.165) is 34.8 Å². The van der Waals surface area contributed by atoms with E-state index in [1.54, 1.807) is 24.3 Å². The zero-order valence-electron chi connectivity index (χ0n) is 14.0. The van der Waals surface area contributed by atoms with E-state index in [0.29, 0.717) is 0 Å². The van der Waals surface area contributed by atoms with E-state index in [2.05, 4.69) is 40.8 Å². The molecule has 0 saturated heterocycles. The molecule has 2 nitrogen and oxygen atoms in total. The fourth-order valence-corrected chi connectivity index (χ4v) is 3.51. The van der Waals surface area contributed by atoms with Crippen LogP contribution in [0.3, 0.4) is 0 Å². The van der Waals surface area contributed by atoms with E-state index in [1.807, 2.05) is 24.3 Å². The van der Waals surface area contributed by atoms with E-state index in [-0.39, 0.29) is 11.5 Å². The van der Waals surface area contributed by atoms with Crippen LogP contribution in [-0.2, 0) is 0 Å². The van der Waals surface area contributed by atoms with Crippen molar-refractivity contribution in [3.63, 3.8) is 0 Å². The van der Waals surface area contributed by atoms with Gasteiger partial charge in [0.05, 0.1) is 0 Å². The number of phenols is 2. The average Bonchev–Trinajstić information content (AvgIpc) is 3.15. The van der Waals surface area contributed by atoms with Crippen molar-refractivity contribution in [3.05, 3.63) is 89.0 Å². The molecule has 1 aliphatic carbocycles. The number of hydrogen-bond donors (Lipinski definition) is 2. The highest BCUT2D eigenvalue weighted by Gasteiger charge is 2.16. The van der Waals surface area contributed by atoms with E-state index < -0.39 is 0 Å². The van der Waals surface area contributed by atoms with Gasteiger partial charge in [0.25, 0.3) is 0 Å². The Kier molecular flexibility index (Phi) is 5.97. The Morgan fingerprint density at radius 1 is 0.880 bits per heavy atom. The fourth-order valence-electron chi connectivity index (χ4n) is 3.13. The normalized spacial score (nSPS) is 12.9. The third-order valence-electron chi connectivity index (χ3n) is 4.33. The number of alkyl halides is 1. The minimum absolute atomic E-state index is 0.268. The second kappa shape index (κ2) is 8.39. The molecule has 0 amide bonds. The first-order valence-electron chi connectivity index (χ1n) is 8.43. The molecule has 0 unspecified atom stereocenters. The molecule has 0 fully saturated rings. The molecule has 2 N–H and O–H groups in total. The van der Waals surface area contributed by atoms with Gasteiger partial charge < -0.3 is 10.2 Å². The van der Waals surface area contributed by atoms with Crippen LogP contribution in [0.5, 0.6) is 11.5 Å². The molecular formula is C22H21IO2. The fraction of sp³-hybridized carbons (Fsp3) is 0.182. The van der Waals surface area contributed by atoms with E-state index in [1.165, 1.54) is 16.7 Å². The quantitative estimate of drug-likeness (QED) is 0.424. The molecule has 25 heavy (non-hydrogen) atoms. The molecule has 0 saturated carbocycles. The third-order valence-corrected chi connectivity index (χ3v) is 5.10. The molecule has 0 aliphatic heterocycles. The van der Waals surface area contributed by atoms with Crippen LogP contribution in [0.2, 0.25) is 0 Å². The van der Waals surface area contributed by atoms with Gasteiger partial charge in [-0.05, 0) is 75.8 Å². The smallest absolute Gasteiger partial charge is 0.115 e. The topological polar surface area (TPSA) is 40.5 Å². The van der Waals surface area contributed by atoms with Crippen molar-refractivity contribution in [2.24, 2.45) is 0 Å². The number of allylic oxidation sites excluding steroid dienone is 5. The zero-order valence-corrected chi connectivity index (χ0v) is 16.1. The molecule has 3 rings (SSSR count). The Morgan fingerprint density at radius 3 is 1.88 bits per heavy atom. The second-order valence-electron chi connectivity index (χ2n) is 6.06. The van der Waals surface area contributed by atoms with Crippen molar-refractivity contribution < 1.29 is 10.2 Å². The van der Waals surface area contributed by atoms with Gasteiger partial charge in [0.2, 0.25) is 0 Å². The van der Waals surface area contributed by atoms with Crippen molar-refractivity contribution in [1.29, 1.82) is 0 Å². The van der Waals surface area contributed by atoms with E-state index in [4.69, 9.17) is 0 Å². The summed E-state index contributed by atoms with van der Waals surface area (Å²) in [6, 6.07) is 14.8. The lowest BCUT2D eigenvalue weighted by Gasteiger charge is -2.18. The summed E-state index contributed by atoms with van der Waals surface area (Å²) in [5, 5.41) is 19.3.